The number of hydrogen-bond donors (Lipinski definition) is 1. The van der Waals surface area contributed by atoms with Crippen LogP contribution in [0.5, 0.6) is 0 Å². The summed E-state index contributed by atoms with van der Waals surface area (Å²) in [4.78, 5) is 15.5. The number of nitrogens with one attached hydrogen (secondary N) is 1. The number of anilines is 1. The van der Waals surface area contributed by atoms with Gasteiger partial charge in [0.05, 0.1) is 6.42 Å². The van der Waals surface area contributed by atoms with E-state index in [4.69, 9.17) is 0 Å². The van der Waals surface area contributed by atoms with Crippen molar-refractivity contribution >= 4 is 11.7 Å². The van der Waals surface area contributed by atoms with Crippen molar-refractivity contribution in [2.45, 2.75) is 6.42 Å². The predicted octanol–water partition coefficient (Wildman–Crippen LogP) is 2.68. The predicted molar refractivity (Wildman–Crippen MR) is 62.9 cm³/mol. The van der Waals surface area contributed by atoms with E-state index in [0.29, 0.717) is 5.82 Å². The molecular formula is C13H9F3N2O. The van der Waals surface area contributed by atoms with Gasteiger partial charge in [0.25, 0.3) is 0 Å². The minimum absolute atomic E-state index is 0.215. The zero-order chi connectivity index (χ0) is 13.8. The molecule has 0 saturated heterocycles. The third-order valence-electron chi connectivity index (χ3n) is 2.40. The van der Waals surface area contributed by atoms with Gasteiger partial charge in [-0.2, -0.15) is 0 Å². The van der Waals surface area contributed by atoms with Gasteiger partial charge < -0.3 is 5.32 Å². The van der Waals surface area contributed by atoms with E-state index in [2.05, 4.69) is 10.3 Å². The fraction of sp³-hybridized carbons (Fsp3) is 0.0769. The molecule has 1 aromatic carbocycles. The van der Waals surface area contributed by atoms with Crippen LogP contribution in [0.1, 0.15) is 5.56 Å². The molecular weight excluding hydrogens is 257 g/mol. The Morgan fingerprint density at radius 3 is 2.58 bits per heavy atom. The third kappa shape index (κ3) is 3.09. The van der Waals surface area contributed by atoms with E-state index in [0.717, 1.165) is 12.1 Å². The lowest BCUT2D eigenvalue weighted by Crippen LogP contribution is -2.16. The van der Waals surface area contributed by atoms with Crippen LogP contribution in [0.2, 0.25) is 0 Å². The maximum atomic E-state index is 13.4. The maximum Gasteiger partial charge on any atom is 0.230 e. The summed E-state index contributed by atoms with van der Waals surface area (Å²) in [5, 5.41) is 2.42. The number of halogens is 3. The summed E-state index contributed by atoms with van der Waals surface area (Å²) in [6.45, 7) is 0. The topological polar surface area (TPSA) is 42.0 Å². The molecule has 3 nitrogen and oxygen atoms in total. The molecule has 6 heteroatoms. The van der Waals surface area contributed by atoms with Crippen LogP contribution in [0.4, 0.5) is 19.0 Å². The van der Waals surface area contributed by atoms with Crippen molar-refractivity contribution < 1.29 is 18.0 Å². The summed E-state index contributed by atoms with van der Waals surface area (Å²) in [6.07, 6.45) is 1.08. The van der Waals surface area contributed by atoms with Crippen LogP contribution in [0.3, 0.4) is 0 Å². The molecule has 2 aromatic rings. The maximum absolute atomic E-state index is 13.4. The number of carbonyl (C=O) groups is 1. The molecule has 1 N–H and O–H groups in total. The first kappa shape index (κ1) is 13.1. The van der Waals surface area contributed by atoms with Crippen LogP contribution < -0.4 is 5.32 Å². The van der Waals surface area contributed by atoms with Crippen LogP contribution in [-0.4, -0.2) is 10.9 Å². The van der Waals surface area contributed by atoms with Gasteiger partial charge in [0.15, 0.2) is 17.5 Å². The van der Waals surface area contributed by atoms with Crippen LogP contribution in [0.25, 0.3) is 0 Å². The van der Waals surface area contributed by atoms with E-state index >= 15 is 0 Å². The van der Waals surface area contributed by atoms with Crippen molar-refractivity contribution in [3.8, 4) is 0 Å². The number of rotatable bonds is 3. The summed E-state index contributed by atoms with van der Waals surface area (Å²) in [5.41, 5.74) is -0.215. The number of pyridine rings is 1. The van der Waals surface area contributed by atoms with Crippen molar-refractivity contribution in [3.05, 3.63) is 59.5 Å². The molecule has 1 amide bonds. The highest BCUT2D eigenvalue weighted by atomic mass is 19.2. The van der Waals surface area contributed by atoms with E-state index < -0.39 is 29.8 Å². The van der Waals surface area contributed by atoms with E-state index in [9.17, 15) is 18.0 Å². The third-order valence-corrected chi connectivity index (χ3v) is 2.40. The molecule has 19 heavy (non-hydrogen) atoms. The molecule has 98 valence electrons. The minimum atomic E-state index is -1.58. The molecule has 1 aromatic heterocycles. The standard InChI is InChI=1S/C13H9F3N2O/c14-9-5-4-8(12(15)13(9)16)7-11(19)18-10-3-1-2-6-17-10/h1-6H,7H2,(H,17,18,19). The van der Waals surface area contributed by atoms with Crippen molar-refractivity contribution in [2.75, 3.05) is 5.32 Å². The van der Waals surface area contributed by atoms with Crippen LogP contribution in [0, 0.1) is 17.5 Å². The van der Waals surface area contributed by atoms with Gasteiger partial charge in [0, 0.05) is 11.8 Å². The summed E-state index contributed by atoms with van der Waals surface area (Å²) in [6, 6.07) is 6.71. The Hall–Kier alpha value is -2.37. The Morgan fingerprint density at radius 1 is 1.11 bits per heavy atom. The minimum Gasteiger partial charge on any atom is -0.310 e. The van der Waals surface area contributed by atoms with Crippen LogP contribution in [0.15, 0.2) is 36.5 Å². The molecule has 2 rings (SSSR count). The molecule has 0 spiro atoms. The number of benzene rings is 1. The summed E-state index contributed by atoms with van der Waals surface area (Å²) in [5.74, 6) is -4.48. The zero-order valence-corrected chi connectivity index (χ0v) is 9.66. The Labute approximate surface area is 107 Å². The average Bonchev–Trinajstić information content (AvgIpc) is 2.41. The second kappa shape index (κ2) is 5.51. The second-order valence-electron chi connectivity index (χ2n) is 3.77. The highest BCUT2D eigenvalue weighted by Gasteiger charge is 2.15. The monoisotopic (exact) mass is 266 g/mol. The molecule has 0 fully saturated rings. The fourth-order valence-electron chi connectivity index (χ4n) is 1.50. The Morgan fingerprint density at radius 2 is 1.89 bits per heavy atom. The summed E-state index contributed by atoms with van der Waals surface area (Å²) >= 11 is 0. The van der Waals surface area contributed by atoms with Crippen molar-refractivity contribution in [1.82, 2.24) is 4.98 Å². The van der Waals surface area contributed by atoms with Crippen LogP contribution >= 0.6 is 0 Å². The number of nitrogens with zero attached hydrogens (tertiary/aromatic N) is 1. The first-order valence-electron chi connectivity index (χ1n) is 5.41. The van der Waals surface area contributed by atoms with Gasteiger partial charge in [-0.15, -0.1) is 0 Å². The number of hydrogen-bond acceptors (Lipinski definition) is 2. The molecule has 0 saturated carbocycles. The van der Waals surface area contributed by atoms with Crippen LogP contribution in [-0.2, 0) is 11.2 Å². The van der Waals surface area contributed by atoms with E-state index in [1.165, 1.54) is 6.20 Å². The molecule has 0 radical (unpaired) electrons. The first-order chi connectivity index (χ1) is 9.08. The lowest BCUT2D eigenvalue weighted by molar-refractivity contribution is -0.115. The smallest absolute Gasteiger partial charge is 0.230 e. The van der Waals surface area contributed by atoms with Gasteiger partial charge in [0.1, 0.15) is 5.82 Å². The Balaban J connectivity index is 2.10. The fourth-order valence-corrected chi connectivity index (χ4v) is 1.50. The molecule has 0 atom stereocenters. The molecule has 0 aliphatic heterocycles. The molecule has 0 aliphatic rings. The molecule has 0 aliphatic carbocycles. The Bertz CT molecular complexity index is 602. The first-order valence-corrected chi connectivity index (χ1v) is 5.41. The summed E-state index contributed by atoms with van der Waals surface area (Å²) < 4.78 is 39.0. The lowest BCUT2D eigenvalue weighted by Gasteiger charge is -2.06. The summed E-state index contributed by atoms with van der Waals surface area (Å²) in [7, 11) is 0. The quantitative estimate of drug-likeness (QED) is 0.868. The van der Waals surface area contributed by atoms with E-state index in [1.807, 2.05) is 0 Å². The van der Waals surface area contributed by atoms with Crippen molar-refractivity contribution in [1.29, 1.82) is 0 Å². The largest absolute Gasteiger partial charge is 0.310 e. The SMILES string of the molecule is O=C(Cc1ccc(F)c(F)c1F)Nc1ccccn1. The number of carbonyl (C=O) groups excluding carboxylic acids is 1. The molecule has 1 heterocycles. The molecule has 0 bridgehead atoms. The van der Waals surface area contributed by atoms with Crippen molar-refractivity contribution in [2.24, 2.45) is 0 Å². The highest BCUT2D eigenvalue weighted by molar-refractivity contribution is 5.91. The van der Waals surface area contributed by atoms with E-state index in [-0.39, 0.29) is 5.56 Å². The normalized spacial score (nSPS) is 10.3. The zero-order valence-electron chi connectivity index (χ0n) is 9.66. The highest BCUT2D eigenvalue weighted by Crippen LogP contribution is 2.16. The van der Waals surface area contributed by atoms with Gasteiger partial charge in [0.2, 0.25) is 5.91 Å². The average molecular weight is 266 g/mol. The van der Waals surface area contributed by atoms with Gasteiger partial charge in [-0.25, -0.2) is 18.2 Å². The van der Waals surface area contributed by atoms with Crippen molar-refractivity contribution in [3.63, 3.8) is 0 Å². The van der Waals surface area contributed by atoms with Gasteiger partial charge in [-0.3, -0.25) is 4.79 Å². The molecule has 0 unspecified atom stereocenters. The lowest BCUT2D eigenvalue weighted by atomic mass is 10.1. The van der Waals surface area contributed by atoms with Gasteiger partial charge in [-0.05, 0) is 18.2 Å². The second-order valence-corrected chi connectivity index (χ2v) is 3.77. The Kier molecular flexibility index (Phi) is 3.79. The van der Waals surface area contributed by atoms with E-state index in [1.54, 1.807) is 18.2 Å². The number of aromatic nitrogens is 1. The number of amides is 1. The van der Waals surface area contributed by atoms with Gasteiger partial charge >= 0.3 is 0 Å². The van der Waals surface area contributed by atoms with Gasteiger partial charge in [-0.1, -0.05) is 12.1 Å².